The molecule has 1 aromatic carbocycles. The second-order valence-electron chi connectivity index (χ2n) is 7.52. The second kappa shape index (κ2) is 9.93. The molecule has 1 aromatic heterocycles. The van der Waals surface area contributed by atoms with Crippen LogP contribution < -0.4 is 10.5 Å². The SMILES string of the molecule is CC(C)n1cc(C(N)=O)cn1.Cc1c(C#N)ccc(OC2CCCCC2)c1C. The molecule has 0 radical (unpaired) electrons. The van der Waals surface area contributed by atoms with Gasteiger partial charge in [0, 0.05) is 12.2 Å². The summed E-state index contributed by atoms with van der Waals surface area (Å²) in [6.45, 7) is 7.99. The lowest BCUT2D eigenvalue weighted by Crippen LogP contribution is -2.20. The Kier molecular flexibility index (Phi) is 7.62. The Morgan fingerprint density at radius 1 is 1.25 bits per heavy atom. The number of rotatable bonds is 4. The maximum absolute atomic E-state index is 10.6. The Morgan fingerprint density at radius 2 is 1.93 bits per heavy atom. The van der Waals surface area contributed by atoms with Crippen molar-refractivity contribution >= 4 is 5.91 Å². The summed E-state index contributed by atoms with van der Waals surface area (Å²) >= 11 is 0. The van der Waals surface area contributed by atoms with E-state index >= 15 is 0 Å². The lowest BCUT2D eigenvalue weighted by molar-refractivity contribution is 0.1000. The van der Waals surface area contributed by atoms with Crippen molar-refractivity contribution in [2.75, 3.05) is 0 Å². The Balaban J connectivity index is 0.000000221. The second-order valence-corrected chi connectivity index (χ2v) is 7.52. The van der Waals surface area contributed by atoms with Gasteiger partial charge in [0.15, 0.2) is 0 Å². The summed E-state index contributed by atoms with van der Waals surface area (Å²) in [4.78, 5) is 10.6. The first-order chi connectivity index (χ1) is 13.3. The first kappa shape index (κ1) is 21.5. The summed E-state index contributed by atoms with van der Waals surface area (Å²) in [6, 6.07) is 6.28. The third-order valence-electron chi connectivity index (χ3n) is 5.12. The minimum Gasteiger partial charge on any atom is -0.490 e. The van der Waals surface area contributed by atoms with E-state index in [-0.39, 0.29) is 6.04 Å². The van der Waals surface area contributed by atoms with E-state index in [9.17, 15) is 4.79 Å². The Hall–Kier alpha value is -2.81. The van der Waals surface area contributed by atoms with E-state index < -0.39 is 5.91 Å². The molecule has 6 heteroatoms. The smallest absolute Gasteiger partial charge is 0.251 e. The molecule has 0 unspecified atom stereocenters. The third kappa shape index (κ3) is 5.59. The molecule has 0 spiro atoms. The molecule has 2 aromatic rings. The van der Waals surface area contributed by atoms with E-state index in [1.54, 1.807) is 10.9 Å². The molecule has 1 aliphatic rings. The summed E-state index contributed by atoms with van der Waals surface area (Å²) < 4.78 is 7.75. The van der Waals surface area contributed by atoms with Crippen LogP contribution in [0.1, 0.15) is 79.0 Å². The van der Waals surface area contributed by atoms with Gasteiger partial charge in [-0.25, -0.2) is 0 Å². The molecular formula is C22H30N4O2. The molecule has 1 aliphatic carbocycles. The average molecular weight is 383 g/mol. The molecular weight excluding hydrogens is 352 g/mol. The zero-order chi connectivity index (χ0) is 20.7. The molecule has 1 amide bonds. The van der Waals surface area contributed by atoms with Crippen molar-refractivity contribution < 1.29 is 9.53 Å². The highest BCUT2D eigenvalue weighted by Gasteiger charge is 2.16. The zero-order valence-corrected chi connectivity index (χ0v) is 17.2. The van der Waals surface area contributed by atoms with Crippen molar-refractivity contribution in [2.45, 2.75) is 71.9 Å². The van der Waals surface area contributed by atoms with Crippen molar-refractivity contribution in [2.24, 2.45) is 5.73 Å². The maximum atomic E-state index is 10.6. The van der Waals surface area contributed by atoms with E-state index in [0.29, 0.717) is 11.7 Å². The van der Waals surface area contributed by atoms with Gasteiger partial charge in [-0.1, -0.05) is 6.42 Å². The van der Waals surface area contributed by atoms with Gasteiger partial charge in [0.25, 0.3) is 5.91 Å². The van der Waals surface area contributed by atoms with Gasteiger partial charge in [-0.3, -0.25) is 9.48 Å². The molecule has 1 fully saturated rings. The summed E-state index contributed by atoms with van der Waals surface area (Å²) in [5, 5.41) is 12.9. The summed E-state index contributed by atoms with van der Waals surface area (Å²) in [5.74, 6) is 0.519. The molecule has 1 saturated carbocycles. The lowest BCUT2D eigenvalue weighted by atomic mass is 9.97. The lowest BCUT2D eigenvalue weighted by Gasteiger charge is -2.24. The fourth-order valence-corrected chi connectivity index (χ4v) is 3.15. The topological polar surface area (TPSA) is 93.9 Å². The minimum atomic E-state index is -0.433. The minimum absolute atomic E-state index is 0.267. The van der Waals surface area contributed by atoms with E-state index in [4.69, 9.17) is 15.7 Å². The number of hydrogen-bond acceptors (Lipinski definition) is 4. The van der Waals surface area contributed by atoms with Crippen LogP contribution in [-0.2, 0) is 0 Å². The molecule has 0 saturated heterocycles. The maximum Gasteiger partial charge on any atom is 0.251 e. The summed E-state index contributed by atoms with van der Waals surface area (Å²) in [7, 11) is 0. The Morgan fingerprint density at radius 3 is 2.43 bits per heavy atom. The quantitative estimate of drug-likeness (QED) is 0.845. The van der Waals surface area contributed by atoms with Gasteiger partial charge in [-0.2, -0.15) is 10.4 Å². The van der Waals surface area contributed by atoms with Crippen LogP contribution in [0.5, 0.6) is 5.75 Å². The molecule has 2 N–H and O–H groups in total. The van der Waals surface area contributed by atoms with E-state index in [0.717, 1.165) is 22.4 Å². The van der Waals surface area contributed by atoms with Crippen LogP contribution in [0.2, 0.25) is 0 Å². The molecule has 28 heavy (non-hydrogen) atoms. The largest absolute Gasteiger partial charge is 0.490 e. The van der Waals surface area contributed by atoms with Crippen LogP contribution in [0.15, 0.2) is 24.5 Å². The van der Waals surface area contributed by atoms with Crippen LogP contribution in [0.3, 0.4) is 0 Å². The number of hydrogen-bond donors (Lipinski definition) is 1. The number of nitriles is 1. The van der Waals surface area contributed by atoms with Crippen molar-refractivity contribution in [3.63, 3.8) is 0 Å². The first-order valence-corrected chi connectivity index (χ1v) is 9.84. The number of carbonyl (C=O) groups excluding carboxylic acids is 1. The summed E-state index contributed by atoms with van der Waals surface area (Å²) in [5.41, 5.74) is 8.39. The van der Waals surface area contributed by atoms with Gasteiger partial charge in [0.2, 0.25) is 0 Å². The number of nitrogens with two attached hydrogens (primary N) is 1. The normalized spacial score (nSPS) is 14.1. The van der Waals surface area contributed by atoms with Gasteiger partial charge in [0.05, 0.1) is 29.5 Å². The highest BCUT2D eigenvalue weighted by Crippen LogP contribution is 2.28. The van der Waals surface area contributed by atoms with Crippen LogP contribution in [0, 0.1) is 25.2 Å². The molecule has 0 atom stereocenters. The fraction of sp³-hybridized carbons (Fsp3) is 0.500. The average Bonchev–Trinajstić information content (AvgIpc) is 3.18. The van der Waals surface area contributed by atoms with Crippen LogP contribution >= 0.6 is 0 Å². The number of aromatic nitrogens is 2. The number of ether oxygens (including phenoxy) is 1. The number of carbonyl (C=O) groups is 1. The predicted octanol–water partition coefficient (Wildman–Crippen LogP) is 4.45. The monoisotopic (exact) mass is 382 g/mol. The van der Waals surface area contributed by atoms with Crippen LogP contribution in [0.4, 0.5) is 0 Å². The fourth-order valence-electron chi connectivity index (χ4n) is 3.15. The zero-order valence-electron chi connectivity index (χ0n) is 17.2. The third-order valence-corrected chi connectivity index (χ3v) is 5.12. The standard InChI is InChI=1S/C15H19NO.C7H11N3O/c1-11-12(2)15(9-8-13(11)10-16)17-14-6-4-3-5-7-14;1-5(2)10-4-6(3-9-10)7(8)11/h8-9,14H,3-7H2,1-2H3;3-5H,1-2H3,(H2,8,11). The number of amides is 1. The first-order valence-electron chi connectivity index (χ1n) is 9.84. The van der Waals surface area contributed by atoms with E-state index in [1.165, 1.54) is 38.3 Å². The van der Waals surface area contributed by atoms with Crippen LogP contribution in [-0.4, -0.2) is 21.8 Å². The Bertz CT molecular complexity index is 843. The van der Waals surface area contributed by atoms with Crippen molar-refractivity contribution in [3.8, 4) is 11.8 Å². The number of benzene rings is 1. The van der Waals surface area contributed by atoms with Crippen molar-refractivity contribution in [1.82, 2.24) is 9.78 Å². The van der Waals surface area contributed by atoms with Gasteiger partial charge in [0.1, 0.15) is 5.75 Å². The van der Waals surface area contributed by atoms with Crippen LogP contribution in [0.25, 0.3) is 0 Å². The highest BCUT2D eigenvalue weighted by molar-refractivity contribution is 5.92. The predicted molar refractivity (Wildman–Crippen MR) is 109 cm³/mol. The molecule has 1 heterocycles. The molecule has 3 rings (SSSR count). The molecule has 0 bridgehead atoms. The van der Waals surface area contributed by atoms with Crippen molar-refractivity contribution in [3.05, 3.63) is 46.8 Å². The Labute approximate surface area is 167 Å². The molecule has 0 aliphatic heterocycles. The molecule has 150 valence electrons. The molecule has 6 nitrogen and oxygen atoms in total. The van der Waals surface area contributed by atoms with E-state index in [1.807, 2.05) is 39.8 Å². The van der Waals surface area contributed by atoms with Gasteiger partial charge < -0.3 is 10.5 Å². The van der Waals surface area contributed by atoms with Gasteiger partial charge in [-0.05, 0) is 76.6 Å². The van der Waals surface area contributed by atoms with E-state index in [2.05, 4.69) is 11.2 Å². The summed E-state index contributed by atoms with van der Waals surface area (Å²) in [6.07, 6.45) is 9.71. The number of nitrogens with zero attached hydrogens (tertiary/aromatic N) is 3. The van der Waals surface area contributed by atoms with Crippen molar-refractivity contribution in [1.29, 1.82) is 5.26 Å². The highest BCUT2D eigenvalue weighted by atomic mass is 16.5. The number of primary amides is 1. The van der Waals surface area contributed by atoms with Gasteiger partial charge in [-0.15, -0.1) is 0 Å². The van der Waals surface area contributed by atoms with Gasteiger partial charge >= 0.3 is 0 Å².